The van der Waals surface area contributed by atoms with E-state index in [1.807, 2.05) is 13.8 Å². The number of aryl methyl sites for hydroxylation is 1. The highest BCUT2D eigenvalue weighted by molar-refractivity contribution is 6.06. The van der Waals surface area contributed by atoms with Crippen LogP contribution in [0, 0.1) is 0 Å². The zero-order valence-electron chi connectivity index (χ0n) is 15.2. The van der Waals surface area contributed by atoms with Crippen LogP contribution in [0.2, 0.25) is 0 Å². The first kappa shape index (κ1) is 18.9. The largest absolute Gasteiger partial charge is 0.417 e. The minimum absolute atomic E-state index is 0.0679. The van der Waals surface area contributed by atoms with Crippen LogP contribution in [0.1, 0.15) is 29.8 Å². The summed E-state index contributed by atoms with van der Waals surface area (Å²) < 4.78 is 41.8. The third-order valence-electron chi connectivity index (χ3n) is 4.49. The number of fused-ring (bicyclic) bond motifs is 1. The van der Waals surface area contributed by atoms with Crippen LogP contribution in [0.5, 0.6) is 0 Å². The number of rotatable bonds is 4. The van der Waals surface area contributed by atoms with Crippen LogP contribution in [0.25, 0.3) is 22.3 Å². The monoisotopic (exact) mass is 376 g/mol. The molecule has 3 rings (SSSR count). The molecule has 5 nitrogen and oxygen atoms in total. The first-order valence-corrected chi connectivity index (χ1v) is 8.56. The van der Waals surface area contributed by atoms with Gasteiger partial charge in [0, 0.05) is 25.7 Å². The lowest BCUT2D eigenvalue weighted by Gasteiger charge is -2.20. The van der Waals surface area contributed by atoms with Gasteiger partial charge in [0.1, 0.15) is 0 Å². The minimum Gasteiger partial charge on any atom is -0.339 e. The van der Waals surface area contributed by atoms with E-state index in [9.17, 15) is 18.0 Å². The molecule has 0 atom stereocenters. The summed E-state index contributed by atoms with van der Waals surface area (Å²) >= 11 is 0. The number of hydrogen-bond acceptors (Lipinski definition) is 3. The topological polar surface area (TPSA) is 51.0 Å². The molecule has 0 fully saturated rings. The summed E-state index contributed by atoms with van der Waals surface area (Å²) in [5.74, 6) is -0.258. The summed E-state index contributed by atoms with van der Waals surface area (Å²) in [5.41, 5.74) is -0.111. The van der Waals surface area contributed by atoms with E-state index in [-0.39, 0.29) is 17.2 Å². The van der Waals surface area contributed by atoms with Crippen LogP contribution in [0.4, 0.5) is 13.2 Å². The second kappa shape index (κ2) is 7.02. The fourth-order valence-corrected chi connectivity index (χ4v) is 3.06. The number of carbonyl (C=O) groups is 1. The molecule has 0 saturated carbocycles. The van der Waals surface area contributed by atoms with Gasteiger partial charge in [0.05, 0.1) is 28.4 Å². The van der Waals surface area contributed by atoms with Crippen molar-refractivity contribution in [3.63, 3.8) is 0 Å². The Bertz CT molecular complexity index is 990. The van der Waals surface area contributed by atoms with E-state index in [0.717, 1.165) is 6.07 Å². The molecule has 2 heterocycles. The first-order valence-electron chi connectivity index (χ1n) is 8.56. The third kappa shape index (κ3) is 3.39. The molecular weight excluding hydrogens is 357 g/mol. The Morgan fingerprint density at radius 2 is 1.85 bits per heavy atom. The number of benzene rings is 1. The van der Waals surface area contributed by atoms with Gasteiger partial charge in [-0.15, -0.1) is 0 Å². The molecule has 0 bridgehead atoms. The van der Waals surface area contributed by atoms with Crippen LogP contribution in [-0.4, -0.2) is 38.7 Å². The molecule has 8 heteroatoms. The lowest BCUT2D eigenvalue weighted by atomic mass is 10.0. The lowest BCUT2D eigenvalue weighted by Crippen LogP contribution is -2.30. The van der Waals surface area contributed by atoms with E-state index in [1.54, 1.807) is 11.9 Å². The van der Waals surface area contributed by atoms with Gasteiger partial charge in [-0.2, -0.15) is 18.3 Å². The Morgan fingerprint density at radius 1 is 1.19 bits per heavy atom. The summed E-state index contributed by atoms with van der Waals surface area (Å²) in [7, 11) is 1.64. The minimum atomic E-state index is -4.53. The smallest absolute Gasteiger partial charge is 0.339 e. The Balaban J connectivity index is 2.28. The number of amides is 1. The number of aromatic nitrogens is 3. The van der Waals surface area contributed by atoms with Gasteiger partial charge in [-0.3, -0.25) is 9.48 Å². The Kier molecular flexibility index (Phi) is 4.91. The van der Waals surface area contributed by atoms with E-state index < -0.39 is 11.7 Å². The molecule has 27 heavy (non-hydrogen) atoms. The Labute approximate surface area is 154 Å². The van der Waals surface area contributed by atoms with E-state index >= 15 is 0 Å². The van der Waals surface area contributed by atoms with Gasteiger partial charge in [-0.05, 0) is 26.0 Å². The molecule has 0 aliphatic heterocycles. The highest BCUT2D eigenvalue weighted by atomic mass is 19.4. The number of alkyl halides is 3. The van der Waals surface area contributed by atoms with Gasteiger partial charge in [0.15, 0.2) is 5.65 Å². The summed E-state index contributed by atoms with van der Waals surface area (Å²) in [6, 6.07) is 6.65. The molecule has 2 aromatic heterocycles. The van der Waals surface area contributed by atoms with Gasteiger partial charge in [0.25, 0.3) is 5.91 Å². The van der Waals surface area contributed by atoms with Crippen molar-refractivity contribution in [2.45, 2.75) is 20.0 Å². The van der Waals surface area contributed by atoms with E-state index in [1.165, 1.54) is 35.1 Å². The van der Waals surface area contributed by atoms with Crippen molar-refractivity contribution >= 4 is 16.9 Å². The third-order valence-corrected chi connectivity index (χ3v) is 4.49. The molecule has 0 aliphatic rings. The Hall–Kier alpha value is -2.90. The van der Waals surface area contributed by atoms with Crippen LogP contribution in [0.15, 0.2) is 36.5 Å². The van der Waals surface area contributed by atoms with Crippen molar-refractivity contribution in [2.24, 2.45) is 7.05 Å². The van der Waals surface area contributed by atoms with Crippen molar-refractivity contribution in [2.75, 3.05) is 13.1 Å². The predicted molar refractivity (Wildman–Crippen MR) is 96.2 cm³/mol. The highest BCUT2D eigenvalue weighted by Gasteiger charge is 2.34. The van der Waals surface area contributed by atoms with Crippen molar-refractivity contribution in [3.05, 3.63) is 47.7 Å². The van der Waals surface area contributed by atoms with Crippen molar-refractivity contribution in [3.8, 4) is 11.3 Å². The molecule has 3 aromatic rings. The van der Waals surface area contributed by atoms with Gasteiger partial charge in [-0.25, -0.2) is 4.98 Å². The lowest BCUT2D eigenvalue weighted by molar-refractivity contribution is -0.137. The molecule has 0 N–H and O–H groups in total. The highest BCUT2D eigenvalue weighted by Crippen LogP contribution is 2.37. The first-order chi connectivity index (χ1) is 12.8. The molecule has 0 saturated heterocycles. The number of hydrogen-bond donors (Lipinski definition) is 0. The second-order valence-electron chi connectivity index (χ2n) is 6.08. The predicted octanol–water partition coefficient (Wildman–Crippen LogP) is 4.14. The molecule has 0 spiro atoms. The summed E-state index contributed by atoms with van der Waals surface area (Å²) in [4.78, 5) is 18.9. The zero-order valence-corrected chi connectivity index (χ0v) is 15.2. The fourth-order valence-electron chi connectivity index (χ4n) is 3.06. The molecular formula is C19H19F3N4O. The average Bonchev–Trinajstić information content (AvgIpc) is 3.02. The average molecular weight is 376 g/mol. The van der Waals surface area contributed by atoms with Gasteiger partial charge in [0.2, 0.25) is 0 Å². The standard InChI is InChI=1S/C19H19F3N4O/c1-4-26(5-2)18(27)13-10-16(24-17-14(13)11-23-25(17)3)12-8-6-7-9-15(12)19(20,21)22/h6-11H,4-5H2,1-3H3. The van der Waals surface area contributed by atoms with E-state index in [4.69, 9.17) is 0 Å². The van der Waals surface area contributed by atoms with Crippen LogP contribution in [-0.2, 0) is 13.2 Å². The van der Waals surface area contributed by atoms with Crippen molar-refractivity contribution < 1.29 is 18.0 Å². The molecule has 0 unspecified atom stereocenters. The maximum atomic E-state index is 13.4. The SMILES string of the molecule is CCN(CC)C(=O)c1cc(-c2ccccc2C(F)(F)F)nc2c1cnn2C. The maximum Gasteiger partial charge on any atom is 0.417 e. The molecule has 0 radical (unpaired) electrons. The molecule has 0 aliphatic carbocycles. The van der Waals surface area contributed by atoms with E-state index in [2.05, 4.69) is 10.1 Å². The van der Waals surface area contributed by atoms with Gasteiger partial charge in [-0.1, -0.05) is 18.2 Å². The molecule has 1 aromatic carbocycles. The Morgan fingerprint density at radius 3 is 2.48 bits per heavy atom. The summed E-state index contributed by atoms with van der Waals surface area (Å²) in [6.45, 7) is 4.69. The van der Waals surface area contributed by atoms with Crippen LogP contribution in [0.3, 0.4) is 0 Å². The zero-order chi connectivity index (χ0) is 19.8. The maximum absolute atomic E-state index is 13.4. The summed E-state index contributed by atoms with van der Waals surface area (Å²) in [5, 5.41) is 4.63. The number of carbonyl (C=O) groups excluding carboxylic acids is 1. The number of pyridine rings is 1. The molecule has 142 valence electrons. The molecule has 1 amide bonds. The van der Waals surface area contributed by atoms with Gasteiger partial charge >= 0.3 is 6.18 Å². The van der Waals surface area contributed by atoms with Crippen molar-refractivity contribution in [1.29, 1.82) is 0 Å². The van der Waals surface area contributed by atoms with E-state index in [0.29, 0.717) is 29.7 Å². The number of halogens is 3. The summed E-state index contributed by atoms with van der Waals surface area (Å²) in [6.07, 6.45) is -3.01. The van der Waals surface area contributed by atoms with Gasteiger partial charge < -0.3 is 4.90 Å². The normalized spacial score (nSPS) is 11.8. The fraction of sp³-hybridized carbons (Fsp3) is 0.316. The quantitative estimate of drug-likeness (QED) is 0.688. The van der Waals surface area contributed by atoms with Crippen LogP contribution >= 0.6 is 0 Å². The van der Waals surface area contributed by atoms with Crippen LogP contribution < -0.4 is 0 Å². The number of nitrogens with zero attached hydrogens (tertiary/aromatic N) is 4. The second-order valence-corrected chi connectivity index (χ2v) is 6.08. The van der Waals surface area contributed by atoms with Crippen molar-refractivity contribution in [1.82, 2.24) is 19.7 Å².